The van der Waals surface area contributed by atoms with E-state index in [0.717, 1.165) is 0 Å². The molecule has 2 atom stereocenters. The summed E-state index contributed by atoms with van der Waals surface area (Å²) < 4.78 is 1.72. The highest BCUT2D eigenvalue weighted by atomic mass is 16.2. The summed E-state index contributed by atoms with van der Waals surface area (Å²) in [4.78, 5) is 15.0. The van der Waals surface area contributed by atoms with Crippen LogP contribution >= 0.6 is 0 Å². The van der Waals surface area contributed by atoms with Gasteiger partial charge in [0.05, 0.1) is 0 Å². The first kappa shape index (κ1) is 15.6. The fourth-order valence-corrected chi connectivity index (χ4v) is 3.63. The smallest absolute Gasteiger partial charge is 0.247 e. The van der Waals surface area contributed by atoms with Crippen molar-refractivity contribution in [3.05, 3.63) is 89.7 Å². The molecule has 3 aromatic rings. The number of aromatic nitrogens is 2. The Morgan fingerprint density at radius 2 is 1.84 bits per heavy atom. The van der Waals surface area contributed by atoms with E-state index >= 15 is 0 Å². The molecule has 0 bridgehead atoms. The second kappa shape index (κ2) is 6.55. The number of rotatable bonds is 3. The van der Waals surface area contributed by atoms with Crippen LogP contribution in [-0.2, 0) is 11.3 Å². The molecule has 0 unspecified atom stereocenters. The van der Waals surface area contributed by atoms with Gasteiger partial charge in [-0.1, -0.05) is 54.6 Å². The van der Waals surface area contributed by atoms with Gasteiger partial charge in [0.25, 0.3) is 0 Å². The van der Waals surface area contributed by atoms with E-state index in [4.69, 9.17) is 0 Å². The molecule has 25 heavy (non-hydrogen) atoms. The van der Waals surface area contributed by atoms with E-state index in [0.29, 0.717) is 13.1 Å². The Labute approximate surface area is 147 Å². The van der Waals surface area contributed by atoms with Crippen molar-refractivity contribution in [1.29, 1.82) is 0 Å². The molecule has 0 N–H and O–H groups in total. The third kappa shape index (κ3) is 2.95. The zero-order valence-corrected chi connectivity index (χ0v) is 14.2. The number of hydrogen-bond donors (Lipinski definition) is 0. The van der Waals surface area contributed by atoms with Gasteiger partial charge in [-0.2, -0.15) is 5.10 Å². The predicted octanol–water partition coefficient (Wildman–Crippen LogP) is 3.62. The summed E-state index contributed by atoms with van der Waals surface area (Å²) in [7, 11) is 0. The molecule has 0 aliphatic carbocycles. The number of carbonyl (C=O) groups is 1. The van der Waals surface area contributed by atoms with Gasteiger partial charge in [0.2, 0.25) is 5.91 Å². The van der Waals surface area contributed by atoms with Gasteiger partial charge in [0, 0.05) is 31.4 Å². The molecule has 4 nitrogen and oxygen atoms in total. The van der Waals surface area contributed by atoms with Crippen LogP contribution < -0.4 is 0 Å². The quantitative estimate of drug-likeness (QED) is 0.735. The van der Waals surface area contributed by atoms with Crippen LogP contribution in [0.4, 0.5) is 0 Å². The topological polar surface area (TPSA) is 38.1 Å². The summed E-state index contributed by atoms with van der Waals surface area (Å²) in [6.45, 7) is 3.27. The van der Waals surface area contributed by atoms with E-state index in [9.17, 15) is 4.79 Å². The normalized spacial score (nSPS) is 17.8. The zero-order chi connectivity index (χ0) is 17.2. The van der Waals surface area contributed by atoms with Crippen LogP contribution in [0.1, 0.15) is 35.6 Å². The van der Waals surface area contributed by atoms with Crippen LogP contribution in [0.25, 0.3) is 0 Å². The predicted molar refractivity (Wildman–Crippen MR) is 97.1 cm³/mol. The molecule has 0 saturated carbocycles. The average Bonchev–Trinajstić information content (AvgIpc) is 3.21. The Kier molecular flexibility index (Phi) is 4.10. The lowest BCUT2D eigenvalue weighted by molar-refractivity contribution is -0.135. The largest absolute Gasteiger partial charge is 0.336 e. The fraction of sp³-hybridized carbons (Fsp3) is 0.238. The maximum atomic E-state index is 13.0. The lowest BCUT2D eigenvalue weighted by Crippen LogP contribution is -2.41. The molecule has 4 heteroatoms. The van der Waals surface area contributed by atoms with Crippen LogP contribution in [-0.4, -0.2) is 27.1 Å². The van der Waals surface area contributed by atoms with Crippen molar-refractivity contribution in [3.8, 4) is 0 Å². The van der Waals surface area contributed by atoms with E-state index in [2.05, 4.69) is 47.6 Å². The van der Waals surface area contributed by atoms with Crippen molar-refractivity contribution in [2.75, 3.05) is 6.54 Å². The van der Waals surface area contributed by atoms with Crippen molar-refractivity contribution >= 4 is 5.91 Å². The van der Waals surface area contributed by atoms with Crippen LogP contribution in [0.2, 0.25) is 0 Å². The van der Waals surface area contributed by atoms with E-state index in [1.807, 2.05) is 36.2 Å². The number of benzene rings is 2. The summed E-state index contributed by atoms with van der Waals surface area (Å²) in [5.74, 6) is 0.319. The van der Waals surface area contributed by atoms with E-state index in [1.165, 1.54) is 16.7 Å². The minimum absolute atomic E-state index is 0.110. The minimum atomic E-state index is -0.295. The standard InChI is InChI=1S/C21H21N3O/c1-16(24-13-7-12-22-24)21(25)23-14-18-10-5-6-11-19(18)20(15-23)17-8-3-2-4-9-17/h2-13,16,20H,14-15H2,1H3/t16-,20-/m1/s1. The maximum Gasteiger partial charge on any atom is 0.247 e. The second-order valence-electron chi connectivity index (χ2n) is 6.54. The molecule has 1 aliphatic heterocycles. The molecule has 2 aromatic carbocycles. The summed E-state index contributed by atoms with van der Waals surface area (Å²) >= 11 is 0. The number of amides is 1. The van der Waals surface area contributed by atoms with Gasteiger partial charge >= 0.3 is 0 Å². The molecule has 0 saturated heterocycles. The van der Waals surface area contributed by atoms with Crippen LogP contribution in [0, 0.1) is 0 Å². The lowest BCUT2D eigenvalue weighted by Gasteiger charge is -2.36. The number of hydrogen-bond acceptors (Lipinski definition) is 2. The molecule has 0 radical (unpaired) electrons. The number of nitrogens with zero attached hydrogens (tertiary/aromatic N) is 3. The SMILES string of the molecule is C[C@H](C(=O)N1Cc2ccccc2[C@@H](c2ccccc2)C1)n1cccn1. The van der Waals surface area contributed by atoms with Gasteiger partial charge in [-0.05, 0) is 29.7 Å². The summed E-state index contributed by atoms with van der Waals surface area (Å²) in [6, 6.07) is 20.4. The first-order valence-electron chi connectivity index (χ1n) is 8.64. The maximum absolute atomic E-state index is 13.0. The van der Waals surface area contributed by atoms with Crippen molar-refractivity contribution < 1.29 is 4.79 Å². The first-order valence-corrected chi connectivity index (χ1v) is 8.64. The second-order valence-corrected chi connectivity index (χ2v) is 6.54. The van der Waals surface area contributed by atoms with E-state index in [-0.39, 0.29) is 17.9 Å². The van der Waals surface area contributed by atoms with Gasteiger partial charge in [-0.3, -0.25) is 9.48 Å². The molecule has 1 amide bonds. The highest BCUT2D eigenvalue weighted by Gasteiger charge is 2.31. The zero-order valence-electron chi connectivity index (χ0n) is 14.2. The molecule has 4 rings (SSSR count). The van der Waals surface area contributed by atoms with E-state index in [1.54, 1.807) is 10.9 Å². The highest BCUT2D eigenvalue weighted by Crippen LogP contribution is 2.34. The van der Waals surface area contributed by atoms with Crippen LogP contribution in [0.15, 0.2) is 73.1 Å². The number of carbonyl (C=O) groups excluding carboxylic acids is 1. The van der Waals surface area contributed by atoms with Crippen LogP contribution in [0.5, 0.6) is 0 Å². The van der Waals surface area contributed by atoms with Crippen molar-refractivity contribution in [3.63, 3.8) is 0 Å². The van der Waals surface area contributed by atoms with Crippen LogP contribution in [0.3, 0.4) is 0 Å². The van der Waals surface area contributed by atoms with Gasteiger partial charge in [-0.25, -0.2) is 0 Å². The molecular formula is C21H21N3O. The Morgan fingerprint density at radius 1 is 1.08 bits per heavy atom. The molecule has 2 heterocycles. The Hall–Kier alpha value is -2.88. The van der Waals surface area contributed by atoms with Gasteiger partial charge in [-0.15, -0.1) is 0 Å². The molecule has 0 spiro atoms. The van der Waals surface area contributed by atoms with Crippen molar-refractivity contribution in [2.45, 2.75) is 25.4 Å². The van der Waals surface area contributed by atoms with E-state index < -0.39 is 0 Å². The Bertz CT molecular complexity index is 858. The summed E-state index contributed by atoms with van der Waals surface area (Å²) in [5.41, 5.74) is 3.80. The molecular weight excluding hydrogens is 310 g/mol. The molecule has 0 fully saturated rings. The highest BCUT2D eigenvalue weighted by molar-refractivity contribution is 5.80. The van der Waals surface area contributed by atoms with Gasteiger partial charge in [0.1, 0.15) is 6.04 Å². The summed E-state index contributed by atoms with van der Waals surface area (Å²) in [6.07, 6.45) is 3.55. The number of fused-ring (bicyclic) bond motifs is 1. The van der Waals surface area contributed by atoms with Gasteiger partial charge < -0.3 is 4.90 Å². The monoisotopic (exact) mass is 331 g/mol. The lowest BCUT2D eigenvalue weighted by atomic mass is 9.84. The third-order valence-electron chi connectivity index (χ3n) is 4.99. The Morgan fingerprint density at radius 3 is 2.60 bits per heavy atom. The molecule has 126 valence electrons. The van der Waals surface area contributed by atoms with Gasteiger partial charge in [0.15, 0.2) is 0 Å². The summed E-state index contributed by atoms with van der Waals surface area (Å²) in [5, 5.41) is 4.22. The third-order valence-corrected chi connectivity index (χ3v) is 4.99. The first-order chi connectivity index (χ1) is 12.2. The van der Waals surface area contributed by atoms with Crippen molar-refractivity contribution in [2.24, 2.45) is 0 Å². The molecule has 1 aromatic heterocycles. The van der Waals surface area contributed by atoms with Crippen molar-refractivity contribution in [1.82, 2.24) is 14.7 Å². The minimum Gasteiger partial charge on any atom is -0.336 e. The Balaban J connectivity index is 1.67. The fourth-order valence-electron chi connectivity index (χ4n) is 3.63. The molecule has 1 aliphatic rings. The average molecular weight is 331 g/mol.